The van der Waals surface area contributed by atoms with Gasteiger partial charge < -0.3 is 14.9 Å². The monoisotopic (exact) mass is 338 g/mol. The van der Waals surface area contributed by atoms with E-state index >= 15 is 0 Å². The van der Waals surface area contributed by atoms with E-state index in [0.717, 1.165) is 19.3 Å². The Balaban J connectivity index is 2.06. The van der Waals surface area contributed by atoms with E-state index < -0.39 is 17.3 Å². The molecule has 0 aromatic carbocycles. The first-order valence-corrected chi connectivity index (χ1v) is 8.95. The predicted octanol–water partition coefficient (Wildman–Crippen LogP) is 1.98. The third-order valence-corrected chi connectivity index (χ3v) is 5.29. The van der Waals surface area contributed by atoms with E-state index in [9.17, 15) is 19.5 Å². The molecule has 1 N–H and O–H groups in total. The van der Waals surface area contributed by atoms with E-state index in [1.807, 2.05) is 27.7 Å². The zero-order valence-corrected chi connectivity index (χ0v) is 15.2. The maximum atomic E-state index is 12.9. The van der Waals surface area contributed by atoms with Crippen LogP contribution >= 0.6 is 0 Å². The van der Waals surface area contributed by atoms with Crippen molar-refractivity contribution in [2.45, 2.75) is 59.4 Å². The van der Waals surface area contributed by atoms with Gasteiger partial charge >= 0.3 is 5.97 Å². The lowest BCUT2D eigenvalue weighted by Gasteiger charge is -2.42. The SMILES string of the molecule is C[C@@H]1[C@H](C(=O)O)CCCN1C(=O)C1CCCN(C(=O)C(C)(C)C)C1. The molecule has 3 atom stereocenters. The average Bonchev–Trinajstić information content (AvgIpc) is 2.52. The zero-order chi connectivity index (χ0) is 18.1. The summed E-state index contributed by atoms with van der Waals surface area (Å²) >= 11 is 0. The summed E-state index contributed by atoms with van der Waals surface area (Å²) in [5, 5.41) is 9.33. The topological polar surface area (TPSA) is 77.9 Å². The van der Waals surface area contributed by atoms with E-state index in [1.54, 1.807) is 9.80 Å². The van der Waals surface area contributed by atoms with Crippen molar-refractivity contribution in [2.75, 3.05) is 19.6 Å². The number of carbonyl (C=O) groups excluding carboxylic acids is 2. The molecule has 2 fully saturated rings. The summed E-state index contributed by atoms with van der Waals surface area (Å²) in [5.74, 6) is -1.43. The van der Waals surface area contributed by atoms with Gasteiger partial charge in [-0.3, -0.25) is 14.4 Å². The van der Waals surface area contributed by atoms with Gasteiger partial charge in [0.05, 0.1) is 11.8 Å². The van der Waals surface area contributed by atoms with Crippen LogP contribution in [-0.4, -0.2) is 58.4 Å². The van der Waals surface area contributed by atoms with Crippen molar-refractivity contribution < 1.29 is 19.5 Å². The number of nitrogens with zero attached hydrogens (tertiary/aromatic N) is 2. The molecule has 2 aliphatic rings. The van der Waals surface area contributed by atoms with E-state index in [1.165, 1.54) is 0 Å². The van der Waals surface area contributed by atoms with Crippen molar-refractivity contribution in [3.63, 3.8) is 0 Å². The van der Waals surface area contributed by atoms with Crippen LogP contribution < -0.4 is 0 Å². The smallest absolute Gasteiger partial charge is 0.308 e. The van der Waals surface area contributed by atoms with Gasteiger partial charge in [0.25, 0.3) is 0 Å². The molecular weight excluding hydrogens is 308 g/mol. The summed E-state index contributed by atoms with van der Waals surface area (Å²) in [7, 11) is 0. The van der Waals surface area contributed by atoms with Gasteiger partial charge in [-0.25, -0.2) is 0 Å². The molecule has 1 unspecified atom stereocenters. The first-order valence-electron chi connectivity index (χ1n) is 8.95. The number of amides is 2. The Morgan fingerprint density at radius 1 is 1.04 bits per heavy atom. The molecule has 0 bridgehead atoms. The van der Waals surface area contributed by atoms with Crippen LogP contribution in [0.15, 0.2) is 0 Å². The molecule has 2 amide bonds. The molecule has 6 heteroatoms. The Bertz CT molecular complexity index is 512. The van der Waals surface area contributed by atoms with Crippen LogP contribution in [0.5, 0.6) is 0 Å². The number of aliphatic carboxylic acids is 1. The highest BCUT2D eigenvalue weighted by molar-refractivity contribution is 5.84. The van der Waals surface area contributed by atoms with E-state index in [0.29, 0.717) is 26.1 Å². The first-order chi connectivity index (χ1) is 11.1. The molecule has 136 valence electrons. The summed E-state index contributed by atoms with van der Waals surface area (Å²) in [5.41, 5.74) is -0.447. The fourth-order valence-electron chi connectivity index (χ4n) is 3.86. The molecule has 0 aromatic rings. The quantitative estimate of drug-likeness (QED) is 0.835. The van der Waals surface area contributed by atoms with Gasteiger partial charge in [0.1, 0.15) is 0 Å². The standard InChI is InChI=1S/C18H30N2O4/c1-12-14(16(22)23)8-6-10-20(12)15(21)13-7-5-9-19(11-13)17(24)18(2,3)4/h12-14H,5-11H2,1-4H3,(H,22,23)/t12-,13?,14-/m1/s1. The molecule has 0 spiro atoms. The van der Waals surface area contributed by atoms with E-state index in [4.69, 9.17) is 0 Å². The number of carboxylic acids is 1. The molecule has 0 aromatic heterocycles. The van der Waals surface area contributed by atoms with Crippen molar-refractivity contribution in [1.29, 1.82) is 0 Å². The van der Waals surface area contributed by atoms with Crippen LogP contribution in [0.2, 0.25) is 0 Å². The second kappa shape index (κ2) is 7.11. The zero-order valence-electron chi connectivity index (χ0n) is 15.2. The molecule has 24 heavy (non-hydrogen) atoms. The minimum atomic E-state index is -0.826. The number of carboxylic acid groups (broad SMARTS) is 1. The summed E-state index contributed by atoms with van der Waals surface area (Å²) in [6.07, 6.45) is 2.94. The Labute approximate surface area is 144 Å². The molecular formula is C18H30N2O4. The van der Waals surface area contributed by atoms with Crippen molar-refractivity contribution in [3.05, 3.63) is 0 Å². The van der Waals surface area contributed by atoms with Crippen LogP contribution in [0.1, 0.15) is 53.4 Å². The average molecular weight is 338 g/mol. The summed E-state index contributed by atoms with van der Waals surface area (Å²) < 4.78 is 0. The first kappa shape index (κ1) is 18.7. The number of rotatable bonds is 2. The Morgan fingerprint density at radius 2 is 1.67 bits per heavy atom. The molecule has 0 radical (unpaired) electrons. The highest BCUT2D eigenvalue weighted by atomic mass is 16.4. The van der Waals surface area contributed by atoms with Gasteiger partial charge in [-0.05, 0) is 32.6 Å². The number of likely N-dealkylation sites (tertiary alicyclic amines) is 2. The van der Waals surface area contributed by atoms with Gasteiger partial charge in [0, 0.05) is 31.1 Å². The summed E-state index contributed by atoms with van der Waals surface area (Å²) in [6, 6.07) is -0.280. The lowest BCUT2D eigenvalue weighted by Crippen LogP contribution is -2.54. The summed E-state index contributed by atoms with van der Waals surface area (Å²) in [4.78, 5) is 40.3. The van der Waals surface area contributed by atoms with Crippen LogP contribution in [0.3, 0.4) is 0 Å². The Morgan fingerprint density at radius 3 is 2.25 bits per heavy atom. The van der Waals surface area contributed by atoms with Crippen molar-refractivity contribution in [2.24, 2.45) is 17.3 Å². The minimum Gasteiger partial charge on any atom is -0.481 e. The lowest BCUT2D eigenvalue weighted by molar-refractivity contribution is -0.152. The molecule has 2 saturated heterocycles. The molecule has 0 aliphatic carbocycles. The predicted molar refractivity (Wildman–Crippen MR) is 90.3 cm³/mol. The maximum Gasteiger partial charge on any atom is 0.308 e. The molecule has 2 aliphatic heterocycles. The van der Waals surface area contributed by atoms with Crippen LogP contribution in [0, 0.1) is 17.3 Å². The van der Waals surface area contributed by atoms with Gasteiger partial charge in [-0.1, -0.05) is 20.8 Å². The highest BCUT2D eigenvalue weighted by Gasteiger charge is 2.40. The van der Waals surface area contributed by atoms with Crippen molar-refractivity contribution >= 4 is 17.8 Å². The lowest BCUT2D eigenvalue weighted by atomic mass is 9.87. The minimum absolute atomic E-state index is 0.0138. The van der Waals surface area contributed by atoms with Gasteiger partial charge in [0.15, 0.2) is 0 Å². The molecule has 2 rings (SSSR count). The van der Waals surface area contributed by atoms with Crippen molar-refractivity contribution in [3.8, 4) is 0 Å². The van der Waals surface area contributed by atoms with Crippen LogP contribution in [0.25, 0.3) is 0 Å². The van der Waals surface area contributed by atoms with Crippen LogP contribution in [-0.2, 0) is 14.4 Å². The van der Waals surface area contributed by atoms with E-state index in [-0.39, 0.29) is 23.8 Å². The molecule has 6 nitrogen and oxygen atoms in total. The fraction of sp³-hybridized carbons (Fsp3) is 0.833. The number of hydrogen-bond acceptors (Lipinski definition) is 3. The fourth-order valence-corrected chi connectivity index (χ4v) is 3.86. The molecule has 0 saturated carbocycles. The summed E-state index contributed by atoms with van der Waals surface area (Å²) in [6.45, 7) is 9.29. The van der Waals surface area contributed by atoms with Crippen molar-refractivity contribution in [1.82, 2.24) is 9.80 Å². The van der Waals surface area contributed by atoms with Crippen LogP contribution in [0.4, 0.5) is 0 Å². The second-order valence-corrected chi connectivity index (χ2v) is 8.20. The normalized spacial score (nSPS) is 28.6. The number of carbonyl (C=O) groups is 3. The number of hydrogen-bond donors (Lipinski definition) is 1. The van der Waals surface area contributed by atoms with Gasteiger partial charge in [0.2, 0.25) is 11.8 Å². The third-order valence-electron chi connectivity index (χ3n) is 5.29. The third kappa shape index (κ3) is 3.90. The number of piperidine rings is 2. The Kier molecular flexibility index (Phi) is 5.56. The van der Waals surface area contributed by atoms with Gasteiger partial charge in [-0.2, -0.15) is 0 Å². The maximum absolute atomic E-state index is 12.9. The highest BCUT2D eigenvalue weighted by Crippen LogP contribution is 2.29. The second-order valence-electron chi connectivity index (χ2n) is 8.20. The Hall–Kier alpha value is -1.59. The largest absolute Gasteiger partial charge is 0.481 e. The molecule has 2 heterocycles. The van der Waals surface area contributed by atoms with Gasteiger partial charge in [-0.15, -0.1) is 0 Å². The van der Waals surface area contributed by atoms with E-state index in [2.05, 4.69) is 0 Å².